The van der Waals surface area contributed by atoms with Gasteiger partial charge in [-0.3, -0.25) is 0 Å². The fourth-order valence-corrected chi connectivity index (χ4v) is 4.79. The fraction of sp³-hybridized carbons (Fsp3) is 0. The van der Waals surface area contributed by atoms with E-state index in [1.165, 1.54) is 0 Å². The maximum atomic E-state index is 6.28. The van der Waals surface area contributed by atoms with Crippen molar-refractivity contribution in [3.8, 4) is 33.6 Å². The van der Waals surface area contributed by atoms with Crippen LogP contribution < -0.4 is 0 Å². The van der Waals surface area contributed by atoms with Gasteiger partial charge in [0.2, 0.25) is 0 Å². The van der Waals surface area contributed by atoms with Crippen molar-refractivity contribution in [1.82, 2.24) is 9.97 Å². The largest absolute Gasteiger partial charge is 0.455 e. The lowest BCUT2D eigenvalue weighted by Crippen LogP contribution is -1.95. The molecule has 35 heavy (non-hydrogen) atoms. The van der Waals surface area contributed by atoms with Crippen LogP contribution >= 0.6 is 0 Å². The molecule has 164 valence electrons. The number of aromatic nitrogens is 2. The van der Waals surface area contributed by atoms with Crippen LogP contribution in [-0.4, -0.2) is 9.97 Å². The van der Waals surface area contributed by atoms with Crippen molar-refractivity contribution in [2.45, 2.75) is 0 Å². The molecule has 3 nitrogen and oxygen atoms in total. The Morgan fingerprint density at radius 1 is 0.457 bits per heavy atom. The van der Waals surface area contributed by atoms with Crippen molar-refractivity contribution in [2.24, 2.45) is 0 Å². The molecule has 7 rings (SSSR count). The Bertz CT molecular complexity index is 1840. The van der Waals surface area contributed by atoms with Crippen LogP contribution in [0.4, 0.5) is 0 Å². The van der Waals surface area contributed by atoms with Crippen molar-refractivity contribution in [3.05, 3.63) is 121 Å². The number of benzene rings is 5. The summed E-state index contributed by atoms with van der Waals surface area (Å²) in [4.78, 5) is 10.2. The van der Waals surface area contributed by atoms with E-state index < -0.39 is 0 Å². The molecule has 0 unspecified atom stereocenters. The Kier molecular flexibility index (Phi) is 4.46. The molecule has 0 spiro atoms. The zero-order chi connectivity index (χ0) is 23.2. The van der Waals surface area contributed by atoms with Crippen LogP contribution in [0.25, 0.3) is 66.6 Å². The highest BCUT2D eigenvalue weighted by Crippen LogP contribution is 2.37. The number of fused-ring (bicyclic) bond motifs is 4. The summed E-state index contributed by atoms with van der Waals surface area (Å²) in [6.45, 7) is 0. The van der Waals surface area contributed by atoms with Crippen molar-refractivity contribution < 1.29 is 4.42 Å². The van der Waals surface area contributed by atoms with E-state index in [0.717, 1.165) is 66.6 Å². The zero-order valence-corrected chi connectivity index (χ0v) is 18.8. The average molecular weight is 449 g/mol. The molecule has 0 N–H and O–H groups in total. The SMILES string of the molecule is c1ccc(-c2nc3ccc(-c4cccc5c4oc4ccccc45)cc3nc2-c2ccccc2)cc1. The first-order valence-corrected chi connectivity index (χ1v) is 11.7. The van der Waals surface area contributed by atoms with Gasteiger partial charge >= 0.3 is 0 Å². The van der Waals surface area contributed by atoms with Crippen molar-refractivity contribution in [3.63, 3.8) is 0 Å². The monoisotopic (exact) mass is 448 g/mol. The van der Waals surface area contributed by atoms with E-state index in [-0.39, 0.29) is 0 Å². The van der Waals surface area contributed by atoms with Crippen molar-refractivity contribution in [1.29, 1.82) is 0 Å². The van der Waals surface area contributed by atoms with Crippen LogP contribution in [0.2, 0.25) is 0 Å². The van der Waals surface area contributed by atoms with Gasteiger partial charge in [-0.15, -0.1) is 0 Å². The van der Waals surface area contributed by atoms with Gasteiger partial charge in [0.25, 0.3) is 0 Å². The van der Waals surface area contributed by atoms with E-state index in [1.807, 2.05) is 54.6 Å². The van der Waals surface area contributed by atoms with E-state index in [1.54, 1.807) is 0 Å². The number of hydrogen-bond acceptors (Lipinski definition) is 3. The highest BCUT2D eigenvalue weighted by Gasteiger charge is 2.15. The van der Waals surface area contributed by atoms with Crippen LogP contribution in [-0.2, 0) is 0 Å². The molecule has 0 aliphatic rings. The molecule has 2 heterocycles. The van der Waals surface area contributed by atoms with E-state index in [0.29, 0.717) is 0 Å². The van der Waals surface area contributed by atoms with Crippen LogP contribution in [0.15, 0.2) is 126 Å². The summed E-state index contributed by atoms with van der Waals surface area (Å²) in [5.74, 6) is 0. The molecule has 0 saturated carbocycles. The van der Waals surface area contributed by atoms with E-state index in [9.17, 15) is 0 Å². The number of para-hydroxylation sites is 2. The van der Waals surface area contributed by atoms with Gasteiger partial charge in [-0.2, -0.15) is 0 Å². The molecule has 2 aromatic heterocycles. The van der Waals surface area contributed by atoms with Gasteiger partial charge in [0, 0.05) is 27.5 Å². The molecular formula is C32H20N2O. The van der Waals surface area contributed by atoms with E-state index >= 15 is 0 Å². The minimum absolute atomic E-state index is 0.856. The second kappa shape index (κ2) is 7.93. The molecular weight excluding hydrogens is 428 g/mol. The third kappa shape index (κ3) is 3.29. The van der Waals surface area contributed by atoms with Gasteiger partial charge in [-0.1, -0.05) is 103 Å². The second-order valence-electron chi connectivity index (χ2n) is 8.64. The van der Waals surface area contributed by atoms with Crippen molar-refractivity contribution in [2.75, 3.05) is 0 Å². The molecule has 0 saturated heterocycles. The molecule has 3 heteroatoms. The summed E-state index contributed by atoms with van der Waals surface area (Å²) < 4.78 is 6.28. The van der Waals surface area contributed by atoms with Gasteiger partial charge in [0.15, 0.2) is 0 Å². The first-order valence-electron chi connectivity index (χ1n) is 11.7. The predicted molar refractivity (Wildman–Crippen MR) is 143 cm³/mol. The van der Waals surface area contributed by atoms with Gasteiger partial charge < -0.3 is 4.42 Å². The Hall–Kier alpha value is -4.76. The number of hydrogen-bond donors (Lipinski definition) is 0. The summed E-state index contributed by atoms with van der Waals surface area (Å²) in [6.07, 6.45) is 0. The molecule has 0 aliphatic carbocycles. The van der Waals surface area contributed by atoms with Crippen LogP contribution in [0, 0.1) is 0 Å². The highest BCUT2D eigenvalue weighted by atomic mass is 16.3. The topological polar surface area (TPSA) is 38.9 Å². The lowest BCUT2D eigenvalue weighted by atomic mass is 10.0. The molecule has 0 amide bonds. The quantitative estimate of drug-likeness (QED) is 0.272. The zero-order valence-electron chi connectivity index (χ0n) is 18.8. The molecule has 0 aliphatic heterocycles. The normalized spacial score (nSPS) is 11.4. The summed E-state index contributed by atoms with van der Waals surface area (Å²) in [5.41, 5.74) is 9.48. The third-order valence-corrected chi connectivity index (χ3v) is 6.47. The molecule has 0 bridgehead atoms. The first kappa shape index (κ1) is 19.7. The molecule has 7 aromatic rings. The Morgan fingerprint density at radius 3 is 1.83 bits per heavy atom. The Labute approximate surface area is 202 Å². The van der Waals surface area contributed by atoms with Gasteiger partial charge in [0.1, 0.15) is 11.2 Å². The van der Waals surface area contributed by atoms with E-state index in [4.69, 9.17) is 14.4 Å². The minimum atomic E-state index is 0.856. The Morgan fingerprint density at radius 2 is 1.09 bits per heavy atom. The lowest BCUT2D eigenvalue weighted by Gasteiger charge is -2.11. The maximum absolute atomic E-state index is 6.28. The summed E-state index contributed by atoms with van der Waals surface area (Å²) in [7, 11) is 0. The van der Waals surface area contributed by atoms with Crippen LogP contribution in [0.3, 0.4) is 0 Å². The van der Waals surface area contributed by atoms with Gasteiger partial charge in [0.05, 0.1) is 22.4 Å². The minimum Gasteiger partial charge on any atom is -0.455 e. The fourth-order valence-electron chi connectivity index (χ4n) is 4.79. The summed E-state index contributed by atoms with van der Waals surface area (Å²) in [5, 5.41) is 2.25. The third-order valence-electron chi connectivity index (χ3n) is 6.47. The van der Waals surface area contributed by atoms with Crippen molar-refractivity contribution >= 4 is 33.0 Å². The average Bonchev–Trinajstić information content (AvgIpc) is 3.32. The summed E-state index contributed by atoms with van der Waals surface area (Å²) in [6, 6.07) is 41.3. The van der Waals surface area contributed by atoms with Gasteiger partial charge in [-0.05, 0) is 23.8 Å². The molecule has 0 radical (unpaired) electrons. The number of nitrogens with zero attached hydrogens (tertiary/aromatic N) is 2. The summed E-state index contributed by atoms with van der Waals surface area (Å²) >= 11 is 0. The Balaban J connectivity index is 1.46. The second-order valence-corrected chi connectivity index (χ2v) is 8.64. The number of furan rings is 1. The van der Waals surface area contributed by atoms with Crippen LogP contribution in [0.1, 0.15) is 0 Å². The van der Waals surface area contributed by atoms with Crippen LogP contribution in [0.5, 0.6) is 0 Å². The standard InChI is InChI=1S/C32H20N2O/c1-3-10-21(11-4-1)30-31(22-12-5-2-6-13-22)34-28-20-23(18-19-27(28)33-30)24-15-9-16-26-25-14-7-8-17-29(25)35-32(24)26/h1-20H. The predicted octanol–water partition coefficient (Wildman–Crippen LogP) is 8.53. The smallest absolute Gasteiger partial charge is 0.143 e. The first-order chi connectivity index (χ1) is 17.3. The maximum Gasteiger partial charge on any atom is 0.143 e. The van der Waals surface area contributed by atoms with E-state index in [2.05, 4.69) is 66.7 Å². The highest BCUT2D eigenvalue weighted by molar-refractivity contribution is 6.09. The molecule has 0 atom stereocenters. The lowest BCUT2D eigenvalue weighted by molar-refractivity contribution is 0.670. The van der Waals surface area contributed by atoms with Gasteiger partial charge in [-0.25, -0.2) is 9.97 Å². The number of rotatable bonds is 3. The molecule has 0 fully saturated rings. The molecule has 5 aromatic carbocycles.